The molecule has 3 aromatic rings. The average molecular weight is 421 g/mol. The number of thioether (sulfide) groups is 1. The van der Waals surface area contributed by atoms with Crippen LogP contribution in [0.4, 0.5) is 4.79 Å². The normalized spacial score (nSPS) is 14.6. The number of benzene rings is 3. The Kier molecular flexibility index (Phi) is 6.69. The summed E-state index contributed by atoms with van der Waals surface area (Å²) in [6, 6.07) is 32.3. The molecule has 0 bridgehead atoms. The molecule has 1 amide bonds. The summed E-state index contributed by atoms with van der Waals surface area (Å²) in [5.41, 5.74) is 0.792. The highest BCUT2D eigenvalue weighted by atomic mass is 32.2. The molecule has 0 saturated carbocycles. The van der Waals surface area contributed by atoms with Gasteiger partial charge in [-0.15, -0.1) is 0 Å². The first-order valence-electron chi connectivity index (χ1n) is 10.3. The minimum atomic E-state index is -1.94. The van der Waals surface area contributed by atoms with Gasteiger partial charge in [0.25, 0.3) is 5.24 Å². The van der Waals surface area contributed by atoms with Gasteiger partial charge in [-0.1, -0.05) is 54.6 Å². The van der Waals surface area contributed by atoms with Crippen LogP contribution in [0.3, 0.4) is 0 Å². The van der Waals surface area contributed by atoms with Crippen LogP contribution < -0.4 is 15.9 Å². The van der Waals surface area contributed by atoms with E-state index in [-0.39, 0.29) is 5.24 Å². The molecule has 1 heterocycles. The van der Waals surface area contributed by atoms with Gasteiger partial charge in [-0.2, -0.15) is 0 Å². The van der Waals surface area contributed by atoms with E-state index < -0.39 is 7.26 Å². The van der Waals surface area contributed by atoms with Crippen molar-refractivity contribution in [1.82, 2.24) is 4.90 Å². The molecule has 3 aromatic carbocycles. The van der Waals surface area contributed by atoms with Crippen molar-refractivity contribution in [3.63, 3.8) is 0 Å². The third kappa shape index (κ3) is 4.42. The zero-order valence-electron chi connectivity index (χ0n) is 16.6. The Labute approximate surface area is 178 Å². The molecule has 4 heteroatoms. The summed E-state index contributed by atoms with van der Waals surface area (Å²) < 4.78 is 0. The number of amides is 1. The van der Waals surface area contributed by atoms with Crippen LogP contribution in [0.1, 0.15) is 19.3 Å². The van der Waals surface area contributed by atoms with Crippen LogP contribution >= 0.6 is 19.0 Å². The van der Waals surface area contributed by atoms with E-state index in [1.165, 1.54) is 34.1 Å². The summed E-state index contributed by atoms with van der Waals surface area (Å²) in [5.74, 6) is 0. The van der Waals surface area contributed by atoms with E-state index in [9.17, 15) is 4.79 Å². The molecule has 2 nitrogen and oxygen atoms in total. The quantitative estimate of drug-likeness (QED) is 0.524. The fraction of sp³-hybridized carbons (Fsp3) is 0.240. The van der Waals surface area contributed by atoms with Crippen molar-refractivity contribution < 1.29 is 4.79 Å². The number of carbonyl (C=O) groups is 1. The molecule has 0 N–H and O–H groups in total. The highest BCUT2D eigenvalue weighted by molar-refractivity contribution is 8.21. The maximum absolute atomic E-state index is 13.0. The molecule has 1 fully saturated rings. The van der Waals surface area contributed by atoms with Crippen LogP contribution in [-0.4, -0.2) is 28.7 Å². The molecule has 0 spiro atoms. The molecule has 0 atom stereocenters. The predicted octanol–water partition coefficient (Wildman–Crippen LogP) is 5.28. The second-order valence-electron chi connectivity index (χ2n) is 7.40. The summed E-state index contributed by atoms with van der Waals surface area (Å²) in [6.07, 6.45) is 3.49. The van der Waals surface area contributed by atoms with E-state index in [2.05, 4.69) is 91.0 Å². The van der Waals surface area contributed by atoms with E-state index >= 15 is 0 Å². The average Bonchev–Trinajstić information content (AvgIpc) is 2.82. The molecule has 0 aliphatic carbocycles. The number of rotatable bonds is 5. The van der Waals surface area contributed by atoms with Gasteiger partial charge < -0.3 is 4.90 Å². The number of piperidine rings is 1. The minimum Gasteiger partial charge on any atom is -0.333 e. The van der Waals surface area contributed by atoms with Crippen LogP contribution in [0.15, 0.2) is 91.0 Å². The van der Waals surface area contributed by atoms with Crippen LogP contribution in [0, 0.1) is 0 Å². The van der Waals surface area contributed by atoms with Crippen molar-refractivity contribution in [2.24, 2.45) is 0 Å². The zero-order valence-corrected chi connectivity index (χ0v) is 18.3. The van der Waals surface area contributed by atoms with Crippen molar-refractivity contribution in [3.05, 3.63) is 91.0 Å². The number of hydrogen-bond donors (Lipinski definition) is 0. The van der Waals surface area contributed by atoms with Gasteiger partial charge >= 0.3 is 0 Å². The lowest BCUT2D eigenvalue weighted by atomic mass is 10.1. The minimum absolute atomic E-state index is 0.233. The standard InChI is InChI=1S/C25H27NOPS/c27-25(26-19-11-4-12-20-26)29-21-28(22-13-5-1-6-14-22,23-15-7-2-8-16-23)24-17-9-3-10-18-24/h1-3,5-10,13-18H,4,11-12,19-21H2/q+1. The van der Waals surface area contributed by atoms with Gasteiger partial charge in [0.1, 0.15) is 28.7 Å². The molecule has 148 valence electrons. The molecule has 1 aliphatic rings. The lowest BCUT2D eigenvalue weighted by molar-refractivity contribution is 0.211. The van der Waals surface area contributed by atoms with E-state index in [0.717, 1.165) is 31.4 Å². The first kappa shape index (κ1) is 20.2. The molecular weight excluding hydrogens is 393 g/mol. The fourth-order valence-electron chi connectivity index (χ4n) is 4.04. The molecule has 1 saturated heterocycles. The summed E-state index contributed by atoms with van der Waals surface area (Å²) in [7, 11) is -1.94. The highest BCUT2D eigenvalue weighted by Crippen LogP contribution is 2.57. The van der Waals surface area contributed by atoms with Gasteiger partial charge in [-0.05, 0) is 67.4 Å². The first-order chi connectivity index (χ1) is 14.3. The molecule has 0 aromatic heterocycles. The van der Waals surface area contributed by atoms with E-state index in [1.54, 1.807) is 0 Å². The van der Waals surface area contributed by atoms with E-state index in [1.807, 2.05) is 4.90 Å². The second-order valence-corrected chi connectivity index (χ2v) is 12.2. The van der Waals surface area contributed by atoms with Gasteiger partial charge in [0.2, 0.25) is 0 Å². The Morgan fingerprint density at radius 3 is 1.52 bits per heavy atom. The summed E-state index contributed by atoms with van der Waals surface area (Å²) in [5, 5.41) is 4.22. The Balaban J connectivity index is 1.76. The SMILES string of the molecule is O=C(SC[P+](c1ccccc1)(c1ccccc1)c1ccccc1)N1CCCCC1. The van der Waals surface area contributed by atoms with Crippen LogP contribution in [0.25, 0.3) is 0 Å². The molecule has 0 radical (unpaired) electrons. The lowest BCUT2D eigenvalue weighted by Crippen LogP contribution is -2.36. The zero-order chi connectivity index (χ0) is 19.9. The first-order valence-corrected chi connectivity index (χ1v) is 13.2. The number of likely N-dealkylation sites (tertiary alicyclic amines) is 1. The van der Waals surface area contributed by atoms with E-state index in [4.69, 9.17) is 0 Å². The topological polar surface area (TPSA) is 20.3 Å². The van der Waals surface area contributed by atoms with Crippen molar-refractivity contribution in [3.8, 4) is 0 Å². The van der Waals surface area contributed by atoms with Crippen LogP contribution in [0.2, 0.25) is 0 Å². The van der Waals surface area contributed by atoms with Gasteiger partial charge in [-0.3, -0.25) is 4.79 Å². The Morgan fingerprint density at radius 1 is 0.690 bits per heavy atom. The number of hydrogen-bond acceptors (Lipinski definition) is 2. The van der Waals surface area contributed by atoms with Crippen molar-refractivity contribution >= 4 is 40.2 Å². The van der Waals surface area contributed by atoms with Crippen LogP contribution in [-0.2, 0) is 0 Å². The van der Waals surface area contributed by atoms with Gasteiger partial charge in [0, 0.05) is 13.1 Å². The van der Waals surface area contributed by atoms with Crippen molar-refractivity contribution in [2.45, 2.75) is 19.3 Å². The molecule has 0 unspecified atom stereocenters. The predicted molar refractivity (Wildman–Crippen MR) is 128 cm³/mol. The fourth-order valence-corrected chi connectivity index (χ4v) is 10.3. The maximum atomic E-state index is 13.0. The Morgan fingerprint density at radius 2 is 1.10 bits per heavy atom. The van der Waals surface area contributed by atoms with E-state index in [0.29, 0.717) is 0 Å². The lowest BCUT2D eigenvalue weighted by Gasteiger charge is -2.29. The monoisotopic (exact) mass is 420 g/mol. The molecule has 1 aliphatic heterocycles. The van der Waals surface area contributed by atoms with Crippen molar-refractivity contribution in [1.29, 1.82) is 0 Å². The number of carbonyl (C=O) groups excluding carboxylic acids is 1. The highest BCUT2D eigenvalue weighted by Gasteiger charge is 2.46. The molecule has 4 rings (SSSR count). The van der Waals surface area contributed by atoms with Gasteiger partial charge in [0.05, 0.1) is 0 Å². The summed E-state index contributed by atoms with van der Waals surface area (Å²) >= 11 is 1.51. The van der Waals surface area contributed by atoms with Gasteiger partial charge in [0.15, 0.2) is 0 Å². The third-order valence-electron chi connectivity index (χ3n) is 5.59. The van der Waals surface area contributed by atoms with Gasteiger partial charge in [-0.25, -0.2) is 0 Å². The summed E-state index contributed by atoms with van der Waals surface area (Å²) in [4.78, 5) is 15.1. The smallest absolute Gasteiger partial charge is 0.285 e. The molecular formula is C25H27NOPS+. The third-order valence-corrected chi connectivity index (χ3v) is 11.7. The summed E-state index contributed by atoms with van der Waals surface area (Å²) in [6.45, 7) is 1.80. The number of nitrogens with zero attached hydrogens (tertiary/aromatic N) is 1. The van der Waals surface area contributed by atoms with Crippen LogP contribution in [0.5, 0.6) is 0 Å². The van der Waals surface area contributed by atoms with Crippen molar-refractivity contribution in [2.75, 3.05) is 18.6 Å². The Bertz CT molecular complexity index is 815. The second kappa shape index (κ2) is 9.61. The largest absolute Gasteiger partial charge is 0.333 e. The maximum Gasteiger partial charge on any atom is 0.285 e. The molecule has 29 heavy (non-hydrogen) atoms. The Hall–Kier alpha value is -2.09.